The molecule has 3 unspecified atom stereocenters. The lowest BCUT2D eigenvalue weighted by molar-refractivity contribution is -0.143. The lowest BCUT2D eigenvalue weighted by Crippen LogP contribution is -2.52. The number of benzene rings is 1. The zero-order chi connectivity index (χ0) is 17.5. The number of hydrogen-bond acceptors (Lipinski definition) is 4. The summed E-state index contributed by atoms with van der Waals surface area (Å²) in [6.45, 7) is 6.46. The standard InChI is InChI=1S/C20H27NO3/c1-19(2)14-10-11-20(19,3)17(22)16(14)21-15(18(23)24-4)12-13-8-6-5-7-9-13/h5-9,14-16,21H,10-12H2,1-4H3/t14?,15-,16?,20?/m0/s1. The minimum Gasteiger partial charge on any atom is -0.468 e. The zero-order valence-corrected chi connectivity index (χ0v) is 15.0. The SMILES string of the molecule is COC(=O)[C@H](Cc1ccccc1)NC1C(=O)C2(C)CCC1C2(C)C. The van der Waals surface area contributed by atoms with Crippen molar-refractivity contribution in [3.05, 3.63) is 35.9 Å². The van der Waals surface area contributed by atoms with E-state index in [1.807, 2.05) is 30.3 Å². The van der Waals surface area contributed by atoms with Gasteiger partial charge in [0.05, 0.1) is 13.2 Å². The van der Waals surface area contributed by atoms with Crippen molar-refractivity contribution in [1.29, 1.82) is 0 Å². The highest BCUT2D eigenvalue weighted by Crippen LogP contribution is 2.63. The van der Waals surface area contributed by atoms with E-state index in [1.54, 1.807) is 0 Å². The fourth-order valence-corrected chi connectivity index (χ4v) is 4.70. The summed E-state index contributed by atoms with van der Waals surface area (Å²) in [5, 5.41) is 3.35. The number of esters is 1. The molecule has 1 aromatic rings. The zero-order valence-electron chi connectivity index (χ0n) is 15.0. The second-order valence-corrected chi connectivity index (χ2v) is 7.97. The molecule has 130 valence electrons. The van der Waals surface area contributed by atoms with Crippen molar-refractivity contribution in [3.63, 3.8) is 0 Å². The van der Waals surface area contributed by atoms with Crippen LogP contribution in [0.4, 0.5) is 0 Å². The molecule has 0 heterocycles. The Morgan fingerprint density at radius 3 is 2.50 bits per heavy atom. The van der Waals surface area contributed by atoms with Crippen LogP contribution < -0.4 is 5.32 Å². The largest absolute Gasteiger partial charge is 0.468 e. The quantitative estimate of drug-likeness (QED) is 0.844. The van der Waals surface area contributed by atoms with E-state index in [0.717, 1.165) is 18.4 Å². The van der Waals surface area contributed by atoms with Gasteiger partial charge in [0.2, 0.25) is 0 Å². The number of carbonyl (C=O) groups is 2. The summed E-state index contributed by atoms with van der Waals surface area (Å²) < 4.78 is 4.97. The van der Waals surface area contributed by atoms with Crippen molar-refractivity contribution in [2.24, 2.45) is 16.7 Å². The van der Waals surface area contributed by atoms with Crippen LogP contribution in [0.25, 0.3) is 0 Å². The molecule has 1 N–H and O–H groups in total. The van der Waals surface area contributed by atoms with E-state index in [-0.39, 0.29) is 34.5 Å². The summed E-state index contributed by atoms with van der Waals surface area (Å²) in [7, 11) is 1.40. The Morgan fingerprint density at radius 1 is 1.29 bits per heavy atom. The van der Waals surface area contributed by atoms with Gasteiger partial charge in [-0.05, 0) is 36.2 Å². The van der Waals surface area contributed by atoms with Crippen molar-refractivity contribution in [2.45, 2.75) is 52.1 Å². The molecule has 0 aliphatic heterocycles. The van der Waals surface area contributed by atoms with Crippen LogP contribution in [-0.2, 0) is 20.7 Å². The molecule has 0 amide bonds. The number of carbonyl (C=O) groups excluding carboxylic acids is 2. The van der Waals surface area contributed by atoms with E-state index in [0.29, 0.717) is 6.42 Å². The van der Waals surface area contributed by atoms with Gasteiger partial charge in [-0.1, -0.05) is 51.1 Å². The van der Waals surface area contributed by atoms with E-state index >= 15 is 0 Å². The third kappa shape index (κ3) is 2.48. The number of hydrogen-bond donors (Lipinski definition) is 1. The second kappa shape index (κ2) is 5.99. The lowest BCUT2D eigenvalue weighted by atomic mass is 9.70. The number of ether oxygens (including phenoxy) is 1. The van der Waals surface area contributed by atoms with Crippen LogP contribution in [0.5, 0.6) is 0 Å². The van der Waals surface area contributed by atoms with Gasteiger partial charge in [0.1, 0.15) is 6.04 Å². The Morgan fingerprint density at radius 2 is 1.96 bits per heavy atom. The van der Waals surface area contributed by atoms with Crippen LogP contribution in [0.15, 0.2) is 30.3 Å². The van der Waals surface area contributed by atoms with Crippen LogP contribution in [0.3, 0.4) is 0 Å². The average Bonchev–Trinajstić information content (AvgIpc) is 2.88. The fourth-order valence-electron chi connectivity index (χ4n) is 4.70. The van der Waals surface area contributed by atoms with Gasteiger partial charge in [-0.25, -0.2) is 0 Å². The maximum Gasteiger partial charge on any atom is 0.323 e. The average molecular weight is 329 g/mol. The number of fused-ring (bicyclic) bond motifs is 2. The van der Waals surface area contributed by atoms with Gasteiger partial charge in [0.15, 0.2) is 5.78 Å². The van der Waals surface area contributed by atoms with Crippen molar-refractivity contribution >= 4 is 11.8 Å². The minimum atomic E-state index is -0.495. The molecule has 4 nitrogen and oxygen atoms in total. The fraction of sp³-hybridized carbons (Fsp3) is 0.600. The Balaban J connectivity index is 1.81. The summed E-state index contributed by atoms with van der Waals surface area (Å²) in [4.78, 5) is 25.3. The summed E-state index contributed by atoms with van der Waals surface area (Å²) in [5.74, 6) is 0.223. The normalized spacial score (nSPS) is 31.9. The Kier molecular flexibility index (Phi) is 4.28. The first-order valence-corrected chi connectivity index (χ1v) is 8.73. The smallest absolute Gasteiger partial charge is 0.323 e. The van der Waals surface area contributed by atoms with Gasteiger partial charge < -0.3 is 4.74 Å². The molecular weight excluding hydrogens is 302 g/mol. The molecule has 4 heteroatoms. The molecule has 0 radical (unpaired) electrons. The number of nitrogens with one attached hydrogen (secondary N) is 1. The van der Waals surface area contributed by atoms with E-state index in [4.69, 9.17) is 4.74 Å². The van der Waals surface area contributed by atoms with Gasteiger partial charge in [-0.3, -0.25) is 14.9 Å². The Bertz CT molecular complexity index is 640. The summed E-state index contributed by atoms with van der Waals surface area (Å²) in [6, 6.07) is 9.09. The molecule has 2 aliphatic carbocycles. The number of ketones is 1. The lowest BCUT2D eigenvalue weighted by Gasteiger charge is -2.32. The minimum absolute atomic E-state index is 0.0326. The first-order valence-electron chi connectivity index (χ1n) is 8.73. The van der Waals surface area contributed by atoms with E-state index in [2.05, 4.69) is 26.1 Å². The molecular formula is C20H27NO3. The van der Waals surface area contributed by atoms with Gasteiger partial charge >= 0.3 is 5.97 Å². The summed E-state index contributed by atoms with van der Waals surface area (Å²) in [5.41, 5.74) is 0.735. The number of rotatable bonds is 5. The molecule has 0 saturated heterocycles. The first kappa shape index (κ1) is 17.2. The highest BCUT2D eigenvalue weighted by Gasteiger charge is 2.66. The van der Waals surface area contributed by atoms with Gasteiger partial charge in [-0.2, -0.15) is 0 Å². The molecule has 2 saturated carbocycles. The second-order valence-electron chi connectivity index (χ2n) is 7.97. The number of methoxy groups -OCH3 is 1. The predicted molar refractivity (Wildman–Crippen MR) is 92.5 cm³/mol. The molecule has 0 spiro atoms. The monoisotopic (exact) mass is 329 g/mol. The van der Waals surface area contributed by atoms with Crippen molar-refractivity contribution in [3.8, 4) is 0 Å². The first-order chi connectivity index (χ1) is 11.3. The van der Waals surface area contributed by atoms with Crippen LogP contribution in [-0.4, -0.2) is 30.9 Å². The van der Waals surface area contributed by atoms with Crippen molar-refractivity contribution < 1.29 is 14.3 Å². The van der Waals surface area contributed by atoms with Gasteiger partial charge in [0.25, 0.3) is 0 Å². The molecule has 24 heavy (non-hydrogen) atoms. The van der Waals surface area contributed by atoms with Crippen LogP contribution in [0.1, 0.15) is 39.2 Å². The highest BCUT2D eigenvalue weighted by atomic mass is 16.5. The number of Topliss-reactive ketones (excluding diaryl/α,β-unsaturated/α-hetero) is 1. The third-order valence-corrected chi connectivity index (χ3v) is 6.68. The summed E-state index contributed by atoms with van der Waals surface area (Å²) >= 11 is 0. The summed E-state index contributed by atoms with van der Waals surface area (Å²) in [6.07, 6.45) is 2.51. The maximum atomic E-state index is 13.0. The Hall–Kier alpha value is -1.68. The van der Waals surface area contributed by atoms with E-state index < -0.39 is 6.04 Å². The van der Waals surface area contributed by atoms with Crippen molar-refractivity contribution in [2.75, 3.05) is 7.11 Å². The predicted octanol–water partition coefficient (Wildman–Crippen LogP) is 2.75. The molecule has 2 bridgehead atoms. The van der Waals surface area contributed by atoms with Crippen LogP contribution >= 0.6 is 0 Å². The van der Waals surface area contributed by atoms with Gasteiger partial charge in [0, 0.05) is 5.41 Å². The highest BCUT2D eigenvalue weighted by molar-refractivity contribution is 5.95. The maximum absolute atomic E-state index is 13.0. The molecule has 2 fully saturated rings. The van der Waals surface area contributed by atoms with Crippen LogP contribution in [0.2, 0.25) is 0 Å². The molecule has 2 aliphatic rings. The van der Waals surface area contributed by atoms with Crippen LogP contribution in [0, 0.1) is 16.7 Å². The topological polar surface area (TPSA) is 55.4 Å². The molecule has 1 aromatic carbocycles. The molecule has 4 atom stereocenters. The van der Waals surface area contributed by atoms with Gasteiger partial charge in [-0.15, -0.1) is 0 Å². The molecule has 3 rings (SSSR count). The molecule has 0 aromatic heterocycles. The third-order valence-electron chi connectivity index (χ3n) is 6.68. The van der Waals surface area contributed by atoms with E-state index in [9.17, 15) is 9.59 Å². The van der Waals surface area contributed by atoms with E-state index in [1.165, 1.54) is 7.11 Å². The van der Waals surface area contributed by atoms with Crippen molar-refractivity contribution in [1.82, 2.24) is 5.32 Å². The Labute approximate surface area is 144 Å².